The second kappa shape index (κ2) is 7.10. The first-order valence-electron chi connectivity index (χ1n) is 6.48. The molecular formula is C14H20N2OS2. The summed E-state index contributed by atoms with van der Waals surface area (Å²) in [7, 11) is 0. The Bertz CT molecular complexity index is 433. The van der Waals surface area contributed by atoms with E-state index >= 15 is 0 Å². The van der Waals surface area contributed by atoms with Gasteiger partial charge in [0.1, 0.15) is 0 Å². The maximum absolute atomic E-state index is 12.2. The molecule has 3 nitrogen and oxygen atoms in total. The van der Waals surface area contributed by atoms with Crippen molar-refractivity contribution in [1.29, 1.82) is 0 Å². The first-order chi connectivity index (χ1) is 9.22. The summed E-state index contributed by atoms with van der Waals surface area (Å²) in [6.45, 7) is 3.76. The van der Waals surface area contributed by atoms with Gasteiger partial charge in [0.05, 0.1) is 6.04 Å². The number of carbonyl (C=O) groups excluding carboxylic acids is 1. The quantitative estimate of drug-likeness (QED) is 0.869. The number of amides is 2. The van der Waals surface area contributed by atoms with E-state index in [1.54, 1.807) is 11.8 Å². The fourth-order valence-corrected chi connectivity index (χ4v) is 3.74. The van der Waals surface area contributed by atoms with Crippen molar-refractivity contribution in [2.45, 2.75) is 17.9 Å². The van der Waals surface area contributed by atoms with Gasteiger partial charge in [0.15, 0.2) is 0 Å². The lowest BCUT2D eigenvalue weighted by Crippen LogP contribution is -2.45. The number of hydrogen-bond donors (Lipinski definition) is 1. The normalized spacial score (nSPS) is 17.1. The largest absolute Gasteiger partial charge is 0.331 e. The summed E-state index contributed by atoms with van der Waals surface area (Å²) >= 11 is 3.63. The SMILES string of the molecule is CSc1ccccc1[C@@H](C)NC(=O)N1CCSCC1. The lowest BCUT2D eigenvalue weighted by atomic mass is 10.1. The van der Waals surface area contributed by atoms with Crippen molar-refractivity contribution in [2.24, 2.45) is 0 Å². The highest BCUT2D eigenvalue weighted by molar-refractivity contribution is 7.99. The molecule has 0 unspecified atom stereocenters. The van der Waals surface area contributed by atoms with Crippen LogP contribution in [0.3, 0.4) is 0 Å². The zero-order valence-corrected chi connectivity index (χ0v) is 13.0. The average molecular weight is 296 g/mol. The molecule has 1 aromatic carbocycles. The molecule has 5 heteroatoms. The third kappa shape index (κ3) is 3.83. The highest BCUT2D eigenvalue weighted by Gasteiger charge is 2.19. The smallest absolute Gasteiger partial charge is 0.317 e. The minimum atomic E-state index is 0.0470. The monoisotopic (exact) mass is 296 g/mol. The van der Waals surface area contributed by atoms with Crippen LogP contribution in [0.2, 0.25) is 0 Å². The van der Waals surface area contributed by atoms with Crippen molar-refractivity contribution in [2.75, 3.05) is 30.9 Å². The summed E-state index contributed by atoms with van der Waals surface area (Å²) in [6, 6.07) is 8.35. The Morgan fingerprint density at radius 3 is 2.74 bits per heavy atom. The minimum Gasteiger partial charge on any atom is -0.331 e. The van der Waals surface area contributed by atoms with E-state index in [2.05, 4.69) is 23.7 Å². The number of nitrogens with zero attached hydrogens (tertiary/aromatic N) is 1. The Hall–Kier alpha value is -0.810. The van der Waals surface area contributed by atoms with E-state index in [1.165, 1.54) is 10.5 Å². The lowest BCUT2D eigenvalue weighted by Gasteiger charge is -2.28. The molecule has 19 heavy (non-hydrogen) atoms. The zero-order valence-electron chi connectivity index (χ0n) is 11.4. The van der Waals surface area contributed by atoms with E-state index in [9.17, 15) is 4.79 Å². The summed E-state index contributed by atoms with van der Waals surface area (Å²) in [5.74, 6) is 2.09. The summed E-state index contributed by atoms with van der Waals surface area (Å²) < 4.78 is 0. The molecule has 1 fully saturated rings. The van der Waals surface area contributed by atoms with Gasteiger partial charge in [-0.3, -0.25) is 0 Å². The standard InChI is InChI=1S/C14H20N2OS2/c1-11(12-5-3-4-6-13(12)18-2)15-14(17)16-7-9-19-10-8-16/h3-6,11H,7-10H2,1-2H3,(H,15,17)/t11-/m1/s1. The van der Waals surface area contributed by atoms with Gasteiger partial charge in [0.25, 0.3) is 0 Å². The van der Waals surface area contributed by atoms with Crippen LogP contribution >= 0.6 is 23.5 Å². The number of urea groups is 1. The molecule has 104 valence electrons. The Kier molecular flexibility index (Phi) is 5.45. The highest BCUT2D eigenvalue weighted by atomic mass is 32.2. The van der Waals surface area contributed by atoms with E-state index in [0.717, 1.165) is 24.6 Å². The average Bonchev–Trinajstić information content (AvgIpc) is 2.48. The zero-order chi connectivity index (χ0) is 13.7. The maximum atomic E-state index is 12.2. The van der Waals surface area contributed by atoms with Crippen LogP contribution in [0, 0.1) is 0 Å². The van der Waals surface area contributed by atoms with Gasteiger partial charge in [0.2, 0.25) is 0 Å². The Morgan fingerprint density at radius 2 is 2.05 bits per heavy atom. The molecule has 1 saturated heterocycles. The molecular weight excluding hydrogens is 276 g/mol. The second-order valence-corrected chi connectivity index (χ2v) is 6.59. The second-order valence-electron chi connectivity index (χ2n) is 4.51. The van der Waals surface area contributed by atoms with Gasteiger partial charge in [-0.15, -0.1) is 11.8 Å². The van der Waals surface area contributed by atoms with E-state index in [1.807, 2.05) is 35.7 Å². The van der Waals surface area contributed by atoms with Crippen LogP contribution in [-0.2, 0) is 0 Å². The summed E-state index contributed by atoms with van der Waals surface area (Å²) in [5.41, 5.74) is 1.19. The van der Waals surface area contributed by atoms with Gasteiger partial charge in [-0.2, -0.15) is 11.8 Å². The number of benzene rings is 1. The first-order valence-corrected chi connectivity index (χ1v) is 8.86. The summed E-state index contributed by atoms with van der Waals surface area (Å²) in [5, 5.41) is 3.10. The van der Waals surface area contributed by atoms with Gasteiger partial charge in [-0.25, -0.2) is 4.79 Å². The van der Waals surface area contributed by atoms with Crippen LogP contribution in [0.5, 0.6) is 0 Å². The number of thioether (sulfide) groups is 2. The molecule has 0 bridgehead atoms. The van der Waals surface area contributed by atoms with Crippen LogP contribution in [0.1, 0.15) is 18.5 Å². The van der Waals surface area contributed by atoms with Crippen molar-refractivity contribution in [3.05, 3.63) is 29.8 Å². The molecule has 1 N–H and O–H groups in total. The molecule has 1 aliphatic rings. The Morgan fingerprint density at radius 1 is 1.37 bits per heavy atom. The van der Waals surface area contributed by atoms with Crippen molar-refractivity contribution in [3.63, 3.8) is 0 Å². The number of rotatable bonds is 3. The number of carbonyl (C=O) groups is 1. The first kappa shape index (κ1) is 14.6. The molecule has 1 heterocycles. The van der Waals surface area contributed by atoms with Crippen molar-refractivity contribution in [1.82, 2.24) is 10.2 Å². The van der Waals surface area contributed by atoms with Crippen molar-refractivity contribution in [3.8, 4) is 0 Å². The number of hydrogen-bond acceptors (Lipinski definition) is 3. The Balaban J connectivity index is 1.99. The van der Waals surface area contributed by atoms with E-state index < -0.39 is 0 Å². The minimum absolute atomic E-state index is 0.0470. The van der Waals surface area contributed by atoms with Crippen LogP contribution < -0.4 is 5.32 Å². The van der Waals surface area contributed by atoms with Crippen LogP contribution in [0.25, 0.3) is 0 Å². The fourth-order valence-electron chi connectivity index (χ4n) is 2.14. The third-order valence-electron chi connectivity index (χ3n) is 3.24. The highest BCUT2D eigenvalue weighted by Crippen LogP contribution is 2.25. The van der Waals surface area contributed by atoms with Crippen LogP contribution in [0.15, 0.2) is 29.2 Å². The molecule has 1 atom stereocenters. The van der Waals surface area contributed by atoms with Crippen LogP contribution in [0.4, 0.5) is 4.79 Å². The number of nitrogens with one attached hydrogen (secondary N) is 1. The van der Waals surface area contributed by atoms with E-state index in [0.29, 0.717) is 0 Å². The summed E-state index contributed by atoms with van der Waals surface area (Å²) in [4.78, 5) is 15.3. The van der Waals surface area contributed by atoms with Gasteiger partial charge in [-0.05, 0) is 24.8 Å². The van der Waals surface area contributed by atoms with Crippen LogP contribution in [-0.4, -0.2) is 41.8 Å². The molecule has 2 rings (SSSR count). The van der Waals surface area contributed by atoms with Gasteiger partial charge >= 0.3 is 6.03 Å². The molecule has 0 aliphatic carbocycles. The van der Waals surface area contributed by atoms with Crippen molar-refractivity contribution >= 4 is 29.6 Å². The van der Waals surface area contributed by atoms with E-state index in [-0.39, 0.29) is 12.1 Å². The topological polar surface area (TPSA) is 32.3 Å². The third-order valence-corrected chi connectivity index (χ3v) is 5.00. The molecule has 0 aromatic heterocycles. The molecule has 0 saturated carbocycles. The molecule has 0 spiro atoms. The van der Waals surface area contributed by atoms with Gasteiger partial charge in [-0.1, -0.05) is 18.2 Å². The van der Waals surface area contributed by atoms with Gasteiger partial charge < -0.3 is 10.2 Å². The Labute approximate surface area is 123 Å². The van der Waals surface area contributed by atoms with Crippen molar-refractivity contribution < 1.29 is 4.79 Å². The predicted molar refractivity (Wildman–Crippen MR) is 84.1 cm³/mol. The van der Waals surface area contributed by atoms with E-state index in [4.69, 9.17) is 0 Å². The lowest BCUT2D eigenvalue weighted by molar-refractivity contribution is 0.199. The van der Waals surface area contributed by atoms with Gasteiger partial charge in [0, 0.05) is 29.5 Å². The fraction of sp³-hybridized carbons (Fsp3) is 0.500. The predicted octanol–water partition coefficient (Wildman–Crippen LogP) is 3.23. The maximum Gasteiger partial charge on any atom is 0.317 e. The molecule has 0 radical (unpaired) electrons. The molecule has 1 aliphatic heterocycles. The molecule has 2 amide bonds. The molecule has 1 aromatic rings. The summed E-state index contributed by atoms with van der Waals surface area (Å²) in [6.07, 6.45) is 2.06.